The third-order valence-corrected chi connectivity index (χ3v) is 8.20. The minimum Gasteiger partial charge on any atom is -0.497 e. The molecule has 2 unspecified atom stereocenters. The molecule has 3 aromatic carbocycles. The Kier molecular flexibility index (Phi) is 9.31. The Morgan fingerprint density at radius 3 is 2.33 bits per heavy atom. The van der Waals surface area contributed by atoms with E-state index in [0.717, 1.165) is 15.6 Å². The number of rotatable bonds is 9. The molecule has 0 spiro atoms. The smallest absolute Gasteiger partial charge is 0.227 e. The van der Waals surface area contributed by atoms with E-state index in [9.17, 15) is 9.59 Å². The van der Waals surface area contributed by atoms with Crippen LogP contribution in [0.25, 0.3) is 0 Å². The SMILES string of the molecule is COc1ccc(N2C(=O)CCC(C(=O)NCC(C)(C)c3ccc(Br)cc3Cl)C2c2ccc(OC)c(OC)c2)cc1. The van der Waals surface area contributed by atoms with Gasteiger partial charge >= 0.3 is 0 Å². The van der Waals surface area contributed by atoms with Crippen molar-refractivity contribution in [2.45, 2.75) is 38.1 Å². The monoisotopic (exact) mass is 628 g/mol. The van der Waals surface area contributed by atoms with Gasteiger partial charge in [0.05, 0.1) is 33.3 Å². The molecule has 0 bridgehead atoms. The van der Waals surface area contributed by atoms with Crippen LogP contribution in [-0.4, -0.2) is 39.7 Å². The zero-order valence-corrected chi connectivity index (χ0v) is 25.6. The van der Waals surface area contributed by atoms with Crippen molar-refractivity contribution in [2.75, 3.05) is 32.8 Å². The highest BCUT2D eigenvalue weighted by molar-refractivity contribution is 9.10. The lowest BCUT2D eigenvalue weighted by Crippen LogP contribution is -2.49. The third kappa shape index (κ3) is 6.23. The molecule has 40 heavy (non-hydrogen) atoms. The van der Waals surface area contributed by atoms with Crippen molar-refractivity contribution in [3.8, 4) is 17.2 Å². The molecule has 0 aliphatic carbocycles. The molecule has 9 heteroatoms. The number of benzene rings is 3. The summed E-state index contributed by atoms with van der Waals surface area (Å²) in [6.45, 7) is 4.46. The average Bonchev–Trinajstić information content (AvgIpc) is 2.95. The zero-order chi connectivity index (χ0) is 29.0. The predicted octanol–water partition coefficient (Wildman–Crippen LogP) is 6.71. The molecule has 0 aromatic heterocycles. The Morgan fingerprint density at radius 2 is 1.70 bits per heavy atom. The highest BCUT2D eigenvalue weighted by Crippen LogP contribution is 2.43. The van der Waals surface area contributed by atoms with E-state index in [1.165, 1.54) is 0 Å². The minimum atomic E-state index is -0.561. The fourth-order valence-electron chi connectivity index (χ4n) is 5.21. The summed E-state index contributed by atoms with van der Waals surface area (Å²) in [6, 6.07) is 18.0. The molecule has 0 saturated carbocycles. The van der Waals surface area contributed by atoms with Crippen LogP contribution in [0.1, 0.15) is 43.9 Å². The van der Waals surface area contributed by atoms with Crippen LogP contribution in [-0.2, 0) is 15.0 Å². The molecule has 212 valence electrons. The molecule has 1 heterocycles. The van der Waals surface area contributed by atoms with E-state index < -0.39 is 17.4 Å². The first-order valence-corrected chi connectivity index (χ1v) is 14.2. The molecule has 0 radical (unpaired) electrons. The van der Waals surface area contributed by atoms with E-state index in [1.54, 1.807) is 32.3 Å². The zero-order valence-electron chi connectivity index (χ0n) is 23.3. The number of halogens is 2. The molecule has 4 rings (SSSR count). The Labute approximate surface area is 248 Å². The Morgan fingerprint density at radius 1 is 1.00 bits per heavy atom. The molecule has 2 atom stereocenters. The summed E-state index contributed by atoms with van der Waals surface area (Å²) >= 11 is 9.99. The van der Waals surface area contributed by atoms with Gasteiger partial charge in [-0.2, -0.15) is 0 Å². The highest BCUT2D eigenvalue weighted by atomic mass is 79.9. The number of carbonyl (C=O) groups is 2. The fraction of sp³-hybridized carbons (Fsp3) is 0.355. The molecular formula is C31H34BrClN2O5. The first kappa shape index (κ1) is 29.7. The average molecular weight is 630 g/mol. The lowest BCUT2D eigenvalue weighted by atomic mass is 9.81. The normalized spacial score (nSPS) is 17.4. The molecule has 3 aromatic rings. The van der Waals surface area contributed by atoms with Crippen molar-refractivity contribution >= 4 is 45.0 Å². The Hall–Kier alpha value is -3.23. The van der Waals surface area contributed by atoms with E-state index in [2.05, 4.69) is 21.2 Å². The fourth-order valence-corrected chi connectivity index (χ4v) is 6.13. The highest BCUT2D eigenvalue weighted by Gasteiger charge is 2.42. The van der Waals surface area contributed by atoms with Crippen LogP contribution >= 0.6 is 27.5 Å². The summed E-state index contributed by atoms with van der Waals surface area (Å²) < 4.78 is 17.2. The van der Waals surface area contributed by atoms with Crippen molar-refractivity contribution < 1.29 is 23.8 Å². The second-order valence-corrected chi connectivity index (χ2v) is 11.7. The maximum Gasteiger partial charge on any atom is 0.227 e. The van der Waals surface area contributed by atoms with Gasteiger partial charge in [-0.05, 0) is 66.1 Å². The van der Waals surface area contributed by atoms with E-state index in [1.807, 2.05) is 68.4 Å². The van der Waals surface area contributed by atoms with Crippen LogP contribution < -0.4 is 24.4 Å². The summed E-state index contributed by atoms with van der Waals surface area (Å²) in [4.78, 5) is 29.0. The number of carbonyl (C=O) groups excluding carboxylic acids is 2. The van der Waals surface area contributed by atoms with Crippen molar-refractivity contribution in [3.63, 3.8) is 0 Å². The Balaban J connectivity index is 1.69. The van der Waals surface area contributed by atoms with Crippen molar-refractivity contribution in [1.29, 1.82) is 0 Å². The minimum absolute atomic E-state index is 0.0593. The van der Waals surface area contributed by atoms with E-state index in [4.69, 9.17) is 25.8 Å². The number of piperidine rings is 1. The van der Waals surface area contributed by atoms with Gasteiger partial charge in [-0.3, -0.25) is 9.59 Å². The number of ether oxygens (including phenoxy) is 3. The molecule has 7 nitrogen and oxygen atoms in total. The number of hydrogen-bond acceptors (Lipinski definition) is 5. The summed E-state index contributed by atoms with van der Waals surface area (Å²) in [5, 5.41) is 3.80. The number of hydrogen-bond donors (Lipinski definition) is 1. The predicted molar refractivity (Wildman–Crippen MR) is 161 cm³/mol. The van der Waals surface area contributed by atoms with E-state index in [-0.39, 0.29) is 18.2 Å². The van der Waals surface area contributed by atoms with Gasteiger partial charge in [0.25, 0.3) is 0 Å². The summed E-state index contributed by atoms with van der Waals surface area (Å²) in [5.74, 6) is 1.08. The van der Waals surface area contributed by atoms with Crippen LogP contribution in [0.5, 0.6) is 17.2 Å². The molecule has 1 N–H and O–H groups in total. The van der Waals surface area contributed by atoms with Crippen LogP contribution in [0.4, 0.5) is 5.69 Å². The largest absolute Gasteiger partial charge is 0.497 e. The Bertz CT molecular complexity index is 1380. The maximum absolute atomic E-state index is 13.9. The van der Waals surface area contributed by atoms with Crippen LogP contribution in [0, 0.1) is 5.92 Å². The van der Waals surface area contributed by atoms with Gasteiger partial charge < -0.3 is 24.4 Å². The first-order chi connectivity index (χ1) is 19.1. The molecular weight excluding hydrogens is 596 g/mol. The van der Waals surface area contributed by atoms with Crippen LogP contribution in [0.3, 0.4) is 0 Å². The number of anilines is 1. The second kappa shape index (κ2) is 12.5. The molecule has 1 saturated heterocycles. The number of nitrogens with zero attached hydrogens (tertiary/aromatic N) is 1. The lowest BCUT2D eigenvalue weighted by Gasteiger charge is -2.41. The lowest BCUT2D eigenvalue weighted by molar-refractivity contribution is -0.129. The van der Waals surface area contributed by atoms with Gasteiger partial charge in [-0.1, -0.05) is 53.5 Å². The summed E-state index contributed by atoms with van der Waals surface area (Å²) in [5.41, 5.74) is 1.97. The standard InChI is InChI=1S/C31H34BrClN2O5/c1-31(2,24-13-7-20(32)17-25(24)33)18-34-30(37)23-12-15-28(36)35(21-8-10-22(38-3)11-9-21)29(23)19-6-14-26(39-4)27(16-19)40-5/h6-11,13-14,16-17,23,29H,12,15,18H2,1-5H3,(H,34,37). The quantitative estimate of drug-likeness (QED) is 0.285. The van der Waals surface area contributed by atoms with Gasteiger partial charge in [0.1, 0.15) is 5.75 Å². The first-order valence-electron chi connectivity index (χ1n) is 13.0. The van der Waals surface area contributed by atoms with Gasteiger partial charge in [0.2, 0.25) is 11.8 Å². The van der Waals surface area contributed by atoms with Crippen molar-refractivity contribution in [3.05, 3.63) is 81.3 Å². The number of nitrogens with one attached hydrogen (secondary N) is 1. The van der Waals surface area contributed by atoms with Crippen molar-refractivity contribution in [1.82, 2.24) is 5.32 Å². The molecule has 1 aliphatic rings. The maximum atomic E-state index is 13.9. The van der Waals surface area contributed by atoms with Gasteiger partial charge in [-0.15, -0.1) is 0 Å². The van der Waals surface area contributed by atoms with Crippen molar-refractivity contribution in [2.24, 2.45) is 5.92 Å². The summed E-state index contributed by atoms with van der Waals surface area (Å²) in [6.07, 6.45) is 0.658. The molecule has 1 fully saturated rings. The second-order valence-electron chi connectivity index (χ2n) is 10.4. The van der Waals surface area contributed by atoms with Gasteiger partial charge in [0, 0.05) is 33.6 Å². The van der Waals surface area contributed by atoms with Crippen LogP contribution in [0.2, 0.25) is 5.02 Å². The topological polar surface area (TPSA) is 77.1 Å². The number of amides is 2. The third-order valence-electron chi connectivity index (χ3n) is 7.40. The van der Waals surface area contributed by atoms with Crippen LogP contribution in [0.15, 0.2) is 65.1 Å². The van der Waals surface area contributed by atoms with Gasteiger partial charge in [0.15, 0.2) is 11.5 Å². The van der Waals surface area contributed by atoms with E-state index >= 15 is 0 Å². The molecule has 2 amide bonds. The van der Waals surface area contributed by atoms with Gasteiger partial charge in [-0.25, -0.2) is 0 Å². The number of methoxy groups -OCH3 is 3. The van der Waals surface area contributed by atoms with E-state index in [0.29, 0.717) is 40.9 Å². The molecule has 1 aliphatic heterocycles. The summed E-state index contributed by atoms with van der Waals surface area (Å²) in [7, 11) is 4.73.